The molecule has 1 N–H and O–H groups in total. The first kappa shape index (κ1) is 22.1. The van der Waals surface area contributed by atoms with Gasteiger partial charge in [0.15, 0.2) is 11.8 Å². The van der Waals surface area contributed by atoms with Gasteiger partial charge in [-0.1, -0.05) is 12.1 Å². The number of methoxy groups -OCH3 is 1. The first-order chi connectivity index (χ1) is 14.9. The van der Waals surface area contributed by atoms with E-state index in [1.807, 2.05) is 0 Å². The number of ether oxygens (including phenoxy) is 1. The Morgan fingerprint density at radius 2 is 1.87 bits per heavy atom. The van der Waals surface area contributed by atoms with E-state index in [-0.39, 0.29) is 24.9 Å². The molecule has 2 aromatic rings. The Labute approximate surface area is 179 Å². The summed E-state index contributed by atoms with van der Waals surface area (Å²) in [6.07, 6.45) is 5.73. The Hall–Kier alpha value is -3.56. The maximum absolute atomic E-state index is 13.4. The van der Waals surface area contributed by atoms with Crippen LogP contribution >= 0.6 is 0 Å². The van der Waals surface area contributed by atoms with Crippen LogP contribution in [0.4, 0.5) is 0 Å². The molecule has 0 aliphatic heterocycles. The third-order valence-corrected chi connectivity index (χ3v) is 5.27. The maximum Gasteiger partial charge on any atom is 0.336 e. The molecule has 1 aliphatic carbocycles. The molecule has 1 aromatic heterocycles. The number of carbonyl (C=O) groups is 4. The van der Waals surface area contributed by atoms with Crippen LogP contribution in [0.15, 0.2) is 36.7 Å². The lowest BCUT2D eigenvalue weighted by molar-refractivity contribution is -0.148. The second-order valence-corrected chi connectivity index (χ2v) is 7.30. The van der Waals surface area contributed by atoms with Gasteiger partial charge in [-0.25, -0.2) is 4.79 Å². The molecule has 1 saturated carbocycles. The Bertz CT molecular complexity index is 955. The Morgan fingerprint density at radius 1 is 1.19 bits per heavy atom. The van der Waals surface area contributed by atoms with Crippen molar-refractivity contribution in [3.8, 4) is 5.69 Å². The number of hydrogen-bond donors (Lipinski definition) is 1. The van der Waals surface area contributed by atoms with Crippen LogP contribution < -0.4 is 5.32 Å². The normalized spacial score (nSPS) is 14.3. The number of ketones is 1. The predicted octanol–water partition coefficient (Wildman–Crippen LogP) is 0.899. The van der Waals surface area contributed by atoms with Crippen LogP contribution in [-0.2, 0) is 19.1 Å². The topological polar surface area (TPSA) is 123 Å². The van der Waals surface area contributed by atoms with Gasteiger partial charge in [-0.3, -0.25) is 14.4 Å². The highest BCUT2D eigenvalue weighted by molar-refractivity contribution is 6.04. The molecule has 3 rings (SSSR count). The van der Waals surface area contributed by atoms with Crippen LogP contribution in [0, 0.1) is 0 Å². The molecule has 0 radical (unpaired) electrons. The standard InChI is InChI=1S/C21H25N5O5/c1-14(27)19(21(30)31-2)24-18(28)10-13-25(15-6-5-7-15)20(29)16-8-3-4-9-17(16)26-22-11-12-23-26/h3-4,8-9,11-12,15,19H,5-7,10,13H2,1-2H3,(H,24,28). The molecule has 1 heterocycles. The number of esters is 1. The maximum atomic E-state index is 13.4. The molecular weight excluding hydrogens is 402 g/mol. The van der Waals surface area contributed by atoms with Crippen molar-refractivity contribution in [1.29, 1.82) is 0 Å². The molecular formula is C21H25N5O5. The second-order valence-electron chi connectivity index (χ2n) is 7.30. The summed E-state index contributed by atoms with van der Waals surface area (Å²) in [5.41, 5.74) is 0.982. The summed E-state index contributed by atoms with van der Waals surface area (Å²) in [6, 6.07) is 5.70. The van der Waals surface area contributed by atoms with Crippen LogP contribution in [0.1, 0.15) is 43.0 Å². The molecule has 0 spiro atoms. The fourth-order valence-electron chi connectivity index (χ4n) is 3.37. The van der Waals surface area contributed by atoms with Crippen molar-refractivity contribution in [3.05, 3.63) is 42.2 Å². The zero-order valence-corrected chi connectivity index (χ0v) is 17.5. The first-order valence-electron chi connectivity index (χ1n) is 10.1. The van der Waals surface area contributed by atoms with Crippen LogP contribution in [0.2, 0.25) is 0 Å². The molecule has 1 unspecified atom stereocenters. The van der Waals surface area contributed by atoms with E-state index in [1.165, 1.54) is 24.1 Å². The minimum atomic E-state index is -1.35. The van der Waals surface area contributed by atoms with Crippen molar-refractivity contribution in [2.45, 2.75) is 44.7 Å². The average molecular weight is 427 g/mol. The van der Waals surface area contributed by atoms with Gasteiger partial charge in [0.25, 0.3) is 5.91 Å². The summed E-state index contributed by atoms with van der Waals surface area (Å²) in [5, 5.41) is 10.6. The van der Waals surface area contributed by atoms with E-state index in [9.17, 15) is 19.2 Å². The fraction of sp³-hybridized carbons (Fsp3) is 0.429. The van der Waals surface area contributed by atoms with Crippen molar-refractivity contribution in [2.75, 3.05) is 13.7 Å². The molecule has 164 valence electrons. The summed E-state index contributed by atoms with van der Waals surface area (Å²) in [4.78, 5) is 52.2. The quantitative estimate of drug-likeness (QED) is 0.466. The number of nitrogens with zero attached hydrogens (tertiary/aromatic N) is 4. The second kappa shape index (κ2) is 9.96. The third-order valence-electron chi connectivity index (χ3n) is 5.27. The van der Waals surface area contributed by atoms with Gasteiger partial charge in [-0.15, -0.1) is 0 Å². The number of carbonyl (C=O) groups excluding carboxylic acids is 4. The number of nitrogens with one attached hydrogen (secondary N) is 1. The molecule has 1 atom stereocenters. The summed E-state index contributed by atoms with van der Waals surface area (Å²) < 4.78 is 4.56. The minimum Gasteiger partial charge on any atom is -0.467 e. The van der Waals surface area contributed by atoms with Crippen LogP contribution in [0.3, 0.4) is 0 Å². The van der Waals surface area contributed by atoms with Crippen LogP contribution in [0.5, 0.6) is 0 Å². The van der Waals surface area contributed by atoms with Gasteiger partial charge in [0.05, 0.1) is 30.8 Å². The Kier molecular flexibility index (Phi) is 7.11. The monoisotopic (exact) mass is 427 g/mol. The van der Waals surface area contributed by atoms with Gasteiger partial charge < -0.3 is 15.0 Å². The van der Waals surface area contributed by atoms with Gasteiger partial charge in [0.2, 0.25) is 5.91 Å². The largest absolute Gasteiger partial charge is 0.467 e. The number of rotatable bonds is 9. The Balaban J connectivity index is 1.73. The lowest BCUT2D eigenvalue weighted by Gasteiger charge is -2.38. The molecule has 1 aromatic carbocycles. The molecule has 1 aliphatic rings. The van der Waals surface area contributed by atoms with Crippen LogP contribution in [0.25, 0.3) is 5.69 Å². The fourth-order valence-corrected chi connectivity index (χ4v) is 3.37. The predicted molar refractivity (Wildman–Crippen MR) is 109 cm³/mol. The zero-order chi connectivity index (χ0) is 22.4. The van der Waals surface area contributed by atoms with E-state index in [1.54, 1.807) is 29.2 Å². The Morgan fingerprint density at radius 3 is 2.45 bits per heavy atom. The number of benzene rings is 1. The number of amides is 2. The van der Waals surface area contributed by atoms with E-state index in [2.05, 4.69) is 20.3 Å². The van der Waals surface area contributed by atoms with Crippen molar-refractivity contribution in [1.82, 2.24) is 25.2 Å². The lowest BCUT2D eigenvalue weighted by Crippen LogP contribution is -2.49. The van der Waals surface area contributed by atoms with Gasteiger partial charge in [-0.2, -0.15) is 15.0 Å². The minimum absolute atomic E-state index is 0.0307. The SMILES string of the molecule is COC(=O)C(NC(=O)CCN(C(=O)c1ccccc1-n1nccn1)C1CCC1)C(C)=O. The number of Topliss-reactive ketones (excluding diaryl/α,β-unsaturated/α-hetero) is 1. The molecule has 10 nitrogen and oxygen atoms in total. The third kappa shape index (κ3) is 5.14. The van der Waals surface area contributed by atoms with Crippen molar-refractivity contribution >= 4 is 23.6 Å². The lowest BCUT2D eigenvalue weighted by atomic mass is 9.90. The summed E-state index contributed by atoms with van der Waals surface area (Å²) in [5.74, 6) is -2.08. The highest BCUT2D eigenvalue weighted by Crippen LogP contribution is 2.27. The van der Waals surface area contributed by atoms with E-state index in [0.717, 1.165) is 26.4 Å². The average Bonchev–Trinajstić information content (AvgIpc) is 3.27. The van der Waals surface area contributed by atoms with Gasteiger partial charge in [0.1, 0.15) is 0 Å². The summed E-state index contributed by atoms with van der Waals surface area (Å²) >= 11 is 0. The molecule has 31 heavy (non-hydrogen) atoms. The highest BCUT2D eigenvalue weighted by Gasteiger charge is 2.32. The van der Waals surface area contributed by atoms with E-state index < -0.39 is 23.7 Å². The van der Waals surface area contributed by atoms with Gasteiger partial charge >= 0.3 is 5.97 Å². The molecule has 10 heteroatoms. The number of aromatic nitrogens is 3. The smallest absolute Gasteiger partial charge is 0.336 e. The summed E-state index contributed by atoms with van der Waals surface area (Å²) in [6.45, 7) is 1.36. The number of hydrogen-bond acceptors (Lipinski definition) is 7. The van der Waals surface area contributed by atoms with Crippen molar-refractivity contribution < 1.29 is 23.9 Å². The van der Waals surface area contributed by atoms with E-state index >= 15 is 0 Å². The highest BCUT2D eigenvalue weighted by atomic mass is 16.5. The van der Waals surface area contributed by atoms with Gasteiger partial charge in [0, 0.05) is 19.0 Å². The number of para-hydroxylation sites is 1. The zero-order valence-electron chi connectivity index (χ0n) is 17.5. The molecule has 2 amide bonds. The molecule has 0 saturated heterocycles. The van der Waals surface area contributed by atoms with Crippen LogP contribution in [-0.4, -0.2) is 69.2 Å². The van der Waals surface area contributed by atoms with Gasteiger partial charge in [-0.05, 0) is 38.3 Å². The van der Waals surface area contributed by atoms with Crippen molar-refractivity contribution in [3.63, 3.8) is 0 Å². The first-order valence-corrected chi connectivity index (χ1v) is 10.1. The van der Waals surface area contributed by atoms with E-state index in [4.69, 9.17) is 0 Å². The van der Waals surface area contributed by atoms with E-state index in [0.29, 0.717) is 11.3 Å². The molecule has 1 fully saturated rings. The van der Waals surface area contributed by atoms with Crippen molar-refractivity contribution in [2.24, 2.45) is 0 Å². The molecule has 0 bridgehead atoms. The summed E-state index contributed by atoms with van der Waals surface area (Å²) in [7, 11) is 1.15.